The van der Waals surface area contributed by atoms with E-state index in [2.05, 4.69) is 15.3 Å². The molecule has 7 nitrogen and oxygen atoms in total. The molecule has 0 spiro atoms. The standard InChI is InChI=1S/C18H17N3O4/c1-23-15-8-11(9-16(24-2)17(15)25-3)18(22)21-12-4-5-13-14(10-12)20-7-6-19-13/h4-10H,1-3H3,(H,21,22). The quantitative estimate of drug-likeness (QED) is 0.769. The Balaban J connectivity index is 1.91. The summed E-state index contributed by atoms with van der Waals surface area (Å²) < 4.78 is 15.8. The molecule has 0 saturated carbocycles. The van der Waals surface area contributed by atoms with Crippen molar-refractivity contribution in [1.29, 1.82) is 0 Å². The number of nitrogens with one attached hydrogen (secondary N) is 1. The fourth-order valence-corrected chi connectivity index (χ4v) is 2.46. The largest absolute Gasteiger partial charge is 0.493 e. The van der Waals surface area contributed by atoms with Gasteiger partial charge in [-0.1, -0.05) is 0 Å². The van der Waals surface area contributed by atoms with Crippen LogP contribution in [0.4, 0.5) is 5.69 Å². The Morgan fingerprint density at radius 3 is 2.12 bits per heavy atom. The average molecular weight is 339 g/mol. The number of hydrogen-bond acceptors (Lipinski definition) is 6. The van der Waals surface area contributed by atoms with Crippen LogP contribution < -0.4 is 19.5 Å². The summed E-state index contributed by atoms with van der Waals surface area (Å²) >= 11 is 0. The lowest BCUT2D eigenvalue weighted by molar-refractivity contribution is 0.102. The van der Waals surface area contributed by atoms with Crippen LogP contribution in [0.3, 0.4) is 0 Å². The van der Waals surface area contributed by atoms with E-state index < -0.39 is 0 Å². The van der Waals surface area contributed by atoms with Crippen LogP contribution in [-0.4, -0.2) is 37.2 Å². The van der Waals surface area contributed by atoms with Gasteiger partial charge in [0.15, 0.2) is 11.5 Å². The van der Waals surface area contributed by atoms with Gasteiger partial charge in [0.25, 0.3) is 5.91 Å². The van der Waals surface area contributed by atoms with Gasteiger partial charge >= 0.3 is 0 Å². The van der Waals surface area contributed by atoms with Crippen LogP contribution in [0.15, 0.2) is 42.7 Å². The highest BCUT2D eigenvalue weighted by Crippen LogP contribution is 2.38. The minimum absolute atomic E-state index is 0.303. The molecule has 1 N–H and O–H groups in total. The Bertz CT molecular complexity index is 902. The molecule has 1 heterocycles. The molecular formula is C18H17N3O4. The molecule has 3 rings (SSSR count). The van der Waals surface area contributed by atoms with E-state index in [1.807, 2.05) is 0 Å². The van der Waals surface area contributed by atoms with Crippen molar-refractivity contribution in [2.24, 2.45) is 0 Å². The van der Waals surface area contributed by atoms with E-state index in [-0.39, 0.29) is 5.91 Å². The molecule has 0 radical (unpaired) electrons. The highest BCUT2D eigenvalue weighted by molar-refractivity contribution is 6.05. The first-order chi connectivity index (χ1) is 12.2. The Hall–Kier alpha value is -3.35. The first kappa shape index (κ1) is 16.5. The normalized spacial score (nSPS) is 10.4. The summed E-state index contributed by atoms with van der Waals surface area (Å²) in [4.78, 5) is 21.0. The molecule has 0 unspecified atom stereocenters. The van der Waals surface area contributed by atoms with Gasteiger partial charge < -0.3 is 19.5 Å². The van der Waals surface area contributed by atoms with Crippen molar-refractivity contribution in [1.82, 2.24) is 9.97 Å². The van der Waals surface area contributed by atoms with E-state index in [1.165, 1.54) is 21.3 Å². The van der Waals surface area contributed by atoms with Crippen LogP contribution in [0.2, 0.25) is 0 Å². The molecule has 0 fully saturated rings. The maximum Gasteiger partial charge on any atom is 0.255 e. The Kier molecular flexibility index (Phi) is 4.65. The van der Waals surface area contributed by atoms with Crippen molar-refractivity contribution in [2.45, 2.75) is 0 Å². The molecule has 0 bridgehead atoms. The number of amides is 1. The molecule has 0 aliphatic rings. The van der Waals surface area contributed by atoms with E-state index in [9.17, 15) is 4.79 Å². The number of nitrogens with zero attached hydrogens (tertiary/aromatic N) is 2. The lowest BCUT2D eigenvalue weighted by atomic mass is 10.1. The first-order valence-corrected chi connectivity index (χ1v) is 7.48. The topological polar surface area (TPSA) is 82.6 Å². The van der Waals surface area contributed by atoms with Crippen LogP contribution in [0.25, 0.3) is 11.0 Å². The lowest BCUT2D eigenvalue weighted by Gasteiger charge is -2.14. The summed E-state index contributed by atoms with van der Waals surface area (Å²) in [6.45, 7) is 0. The Morgan fingerprint density at radius 2 is 1.52 bits per heavy atom. The summed E-state index contributed by atoms with van der Waals surface area (Å²) in [5, 5.41) is 2.83. The third kappa shape index (κ3) is 3.30. The summed E-state index contributed by atoms with van der Waals surface area (Å²) in [7, 11) is 4.51. The Morgan fingerprint density at radius 1 is 0.880 bits per heavy atom. The molecule has 7 heteroatoms. The second-order valence-corrected chi connectivity index (χ2v) is 5.13. The molecule has 1 amide bonds. The lowest BCUT2D eigenvalue weighted by Crippen LogP contribution is -2.12. The third-order valence-corrected chi connectivity index (χ3v) is 3.65. The smallest absolute Gasteiger partial charge is 0.255 e. The van der Waals surface area contributed by atoms with E-state index in [0.717, 1.165) is 5.52 Å². The number of methoxy groups -OCH3 is 3. The highest BCUT2D eigenvalue weighted by atomic mass is 16.5. The van der Waals surface area contributed by atoms with Crippen LogP contribution in [-0.2, 0) is 0 Å². The van der Waals surface area contributed by atoms with Gasteiger partial charge in [-0.3, -0.25) is 14.8 Å². The third-order valence-electron chi connectivity index (χ3n) is 3.65. The molecule has 3 aromatic rings. The van der Waals surface area contributed by atoms with Crippen LogP contribution in [0.5, 0.6) is 17.2 Å². The zero-order chi connectivity index (χ0) is 17.8. The molecule has 128 valence electrons. The number of benzene rings is 2. The predicted molar refractivity (Wildman–Crippen MR) is 93.6 cm³/mol. The zero-order valence-corrected chi connectivity index (χ0v) is 14.1. The highest BCUT2D eigenvalue weighted by Gasteiger charge is 2.17. The number of carbonyl (C=O) groups is 1. The maximum atomic E-state index is 12.6. The fourth-order valence-electron chi connectivity index (χ4n) is 2.46. The molecule has 0 aliphatic heterocycles. The predicted octanol–water partition coefficient (Wildman–Crippen LogP) is 2.91. The van der Waals surface area contributed by atoms with Crippen molar-refractivity contribution in [2.75, 3.05) is 26.6 Å². The van der Waals surface area contributed by atoms with Crippen molar-refractivity contribution in [3.63, 3.8) is 0 Å². The number of anilines is 1. The van der Waals surface area contributed by atoms with Crippen molar-refractivity contribution >= 4 is 22.6 Å². The zero-order valence-electron chi connectivity index (χ0n) is 14.1. The van der Waals surface area contributed by atoms with Gasteiger partial charge in [0.05, 0.1) is 32.4 Å². The summed E-state index contributed by atoms with van der Waals surface area (Å²) in [6, 6.07) is 8.52. The summed E-state index contributed by atoms with van der Waals surface area (Å²) in [6.07, 6.45) is 3.23. The van der Waals surface area contributed by atoms with Crippen LogP contribution in [0.1, 0.15) is 10.4 Å². The van der Waals surface area contributed by atoms with E-state index in [4.69, 9.17) is 14.2 Å². The van der Waals surface area contributed by atoms with Gasteiger partial charge in [-0.15, -0.1) is 0 Å². The van der Waals surface area contributed by atoms with Gasteiger partial charge in [0.2, 0.25) is 5.75 Å². The molecule has 0 aliphatic carbocycles. The Labute approximate surface area is 144 Å². The SMILES string of the molecule is COc1cc(C(=O)Nc2ccc3nccnc3c2)cc(OC)c1OC. The number of carbonyl (C=O) groups excluding carboxylic acids is 1. The number of aromatic nitrogens is 2. The van der Waals surface area contributed by atoms with E-state index in [0.29, 0.717) is 34.0 Å². The number of ether oxygens (including phenoxy) is 3. The van der Waals surface area contributed by atoms with Crippen molar-refractivity contribution in [3.05, 3.63) is 48.3 Å². The maximum absolute atomic E-state index is 12.6. The van der Waals surface area contributed by atoms with Gasteiger partial charge in [-0.05, 0) is 30.3 Å². The molecule has 2 aromatic carbocycles. The van der Waals surface area contributed by atoms with Crippen molar-refractivity contribution in [3.8, 4) is 17.2 Å². The van der Waals surface area contributed by atoms with E-state index >= 15 is 0 Å². The van der Waals surface area contributed by atoms with Gasteiger partial charge in [-0.2, -0.15) is 0 Å². The monoisotopic (exact) mass is 339 g/mol. The number of fused-ring (bicyclic) bond motifs is 1. The van der Waals surface area contributed by atoms with Crippen LogP contribution >= 0.6 is 0 Å². The molecular weight excluding hydrogens is 322 g/mol. The first-order valence-electron chi connectivity index (χ1n) is 7.48. The molecule has 0 atom stereocenters. The molecule has 25 heavy (non-hydrogen) atoms. The van der Waals surface area contributed by atoms with E-state index in [1.54, 1.807) is 42.7 Å². The molecule has 0 saturated heterocycles. The second kappa shape index (κ2) is 7.04. The van der Waals surface area contributed by atoms with Gasteiger partial charge in [-0.25, -0.2) is 0 Å². The van der Waals surface area contributed by atoms with Gasteiger partial charge in [0.1, 0.15) is 0 Å². The van der Waals surface area contributed by atoms with Crippen LogP contribution in [0, 0.1) is 0 Å². The summed E-state index contributed by atoms with van der Waals surface area (Å²) in [5.41, 5.74) is 2.46. The van der Waals surface area contributed by atoms with Gasteiger partial charge in [0, 0.05) is 23.6 Å². The number of hydrogen-bond donors (Lipinski definition) is 1. The number of rotatable bonds is 5. The minimum atomic E-state index is -0.303. The minimum Gasteiger partial charge on any atom is -0.493 e. The van der Waals surface area contributed by atoms with Crippen molar-refractivity contribution < 1.29 is 19.0 Å². The summed E-state index contributed by atoms with van der Waals surface area (Å²) in [5.74, 6) is 0.956. The second-order valence-electron chi connectivity index (χ2n) is 5.13. The fraction of sp³-hybridized carbons (Fsp3) is 0.167. The average Bonchev–Trinajstić information content (AvgIpc) is 2.66. The molecule has 1 aromatic heterocycles.